The van der Waals surface area contributed by atoms with Gasteiger partial charge >= 0.3 is 0 Å². The largest absolute Gasteiger partial charge is 0.256 e. The molecule has 2 aliphatic rings. The third kappa shape index (κ3) is 4.53. The molecule has 0 amide bonds. The van der Waals surface area contributed by atoms with Crippen LogP contribution in [0, 0.1) is 0 Å². The van der Waals surface area contributed by atoms with E-state index in [-0.39, 0.29) is 0 Å². The Morgan fingerprint density at radius 1 is 0.351 bits per heavy atom. The summed E-state index contributed by atoms with van der Waals surface area (Å²) in [5.74, 6) is 0. The highest BCUT2D eigenvalue weighted by molar-refractivity contribution is 6.19. The number of nitrogens with zero attached hydrogens (tertiary/aromatic N) is 2. The second-order valence-electron chi connectivity index (χ2n) is 15.2. The molecule has 0 N–H and O–H groups in total. The molecule has 2 aliphatic carbocycles. The zero-order chi connectivity index (χ0) is 37.5. The number of pyridine rings is 2. The molecule has 2 aromatic heterocycles. The summed E-state index contributed by atoms with van der Waals surface area (Å²) in [6, 6.07) is 72.7. The number of benzene rings is 8. The summed E-state index contributed by atoms with van der Waals surface area (Å²) in [7, 11) is 0. The van der Waals surface area contributed by atoms with Crippen LogP contribution in [0.2, 0.25) is 0 Å². The second-order valence-corrected chi connectivity index (χ2v) is 15.2. The maximum Gasteiger partial charge on any atom is 0.0794 e. The minimum atomic E-state index is -0.436. The van der Waals surface area contributed by atoms with Crippen LogP contribution in [-0.4, -0.2) is 9.97 Å². The Hall–Kier alpha value is -7.42. The van der Waals surface area contributed by atoms with Gasteiger partial charge in [-0.05, 0) is 84.8 Å². The van der Waals surface area contributed by atoms with E-state index in [0.717, 1.165) is 55.7 Å². The molecular weight excluding hydrogens is 689 g/mol. The highest BCUT2D eigenvalue weighted by Crippen LogP contribution is 2.64. The molecule has 1 spiro atoms. The van der Waals surface area contributed by atoms with Crippen molar-refractivity contribution in [2.24, 2.45) is 0 Å². The summed E-state index contributed by atoms with van der Waals surface area (Å²) in [5.41, 5.74) is 19.6. The van der Waals surface area contributed by atoms with Gasteiger partial charge in [0, 0.05) is 33.7 Å². The predicted octanol–water partition coefficient (Wildman–Crippen LogP) is 13.8. The van der Waals surface area contributed by atoms with Gasteiger partial charge in [0.2, 0.25) is 0 Å². The Kier molecular flexibility index (Phi) is 6.88. The molecule has 0 saturated heterocycles. The van der Waals surface area contributed by atoms with Crippen LogP contribution in [0.15, 0.2) is 206 Å². The molecule has 0 fully saturated rings. The van der Waals surface area contributed by atoms with Crippen molar-refractivity contribution in [2.45, 2.75) is 5.41 Å². The van der Waals surface area contributed by atoms with Gasteiger partial charge in [-0.25, -0.2) is 4.98 Å². The van der Waals surface area contributed by atoms with Gasteiger partial charge in [-0.2, -0.15) is 0 Å². The van der Waals surface area contributed by atoms with Gasteiger partial charge in [-0.1, -0.05) is 182 Å². The molecule has 2 heterocycles. The maximum atomic E-state index is 5.58. The van der Waals surface area contributed by atoms with Crippen LogP contribution in [0.5, 0.6) is 0 Å². The Labute approximate surface area is 331 Å². The number of aromatic nitrogens is 2. The molecule has 2 nitrogen and oxygen atoms in total. The molecule has 0 aliphatic heterocycles. The van der Waals surface area contributed by atoms with Crippen molar-refractivity contribution in [1.29, 1.82) is 0 Å². The molecule has 12 rings (SSSR count). The topological polar surface area (TPSA) is 25.8 Å². The molecule has 10 aromatic rings. The molecule has 0 atom stereocenters. The number of hydrogen-bond donors (Lipinski definition) is 0. The summed E-state index contributed by atoms with van der Waals surface area (Å²) in [4.78, 5) is 10.6. The Bertz CT molecular complexity index is 3190. The van der Waals surface area contributed by atoms with Crippen molar-refractivity contribution in [3.8, 4) is 67.0 Å². The van der Waals surface area contributed by atoms with Gasteiger partial charge in [-0.3, -0.25) is 4.98 Å². The first-order valence-electron chi connectivity index (χ1n) is 19.7. The monoisotopic (exact) mass is 722 g/mol. The normalized spacial score (nSPS) is 13.1. The number of fused-ring (bicyclic) bond motifs is 14. The van der Waals surface area contributed by atoms with E-state index < -0.39 is 5.41 Å². The first-order chi connectivity index (χ1) is 28.3. The van der Waals surface area contributed by atoms with E-state index in [0.29, 0.717) is 0 Å². The van der Waals surface area contributed by atoms with Crippen LogP contribution in [-0.2, 0) is 5.41 Å². The smallest absolute Gasteiger partial charge is 0.0794 e. The van der Waals surface area contributed by atoms with Gasteiger partial charge in [0.1, 0.15) is 0 Å². The van der Waals surface area contributed by atoms with Crippen LogP contribution in [0.4, 0.5) is 0 Å². The highest BCUT2D eigenvalue weighted by Gasteiger charge is 2.52. The zero-order valence-electron chi connectivity index (χ0n) is 31.0. The zero-order valence-corrected chi connectivity index (χ0v) is 31.0. The molecule has 264 valence electrons. The molecule has 0 radical (unpaired) electrons. The van der Waals surface area contributed by atoms with Gasteiger partial charge < -0.3 is 0 Å². The van der Waals surface area contributed by atoms with Crippen LogP contribution in [0.25, 0.3) is 88.7 Å². The van der Waals surface area contributed by atoms with E-state index in [1.807, 2.05) is 12.3 Å². The Morgan fingerprint density at radius 3 is 1.67 bits per heavy atom. The summed E-state index contributed by atoms with van der Waals surface area (Å²) in [5, 5.41) is 3.56. The number of para-hydroxylation sites is 1. The van der Waals surface area contributed by atoms with Crippen LogP contribution in [0.3, 0.4) is 0 Å². The molecule has 0 bridgehead atoms. The average molecular weight is 723 g/mol. The third-order valence-electron chi connectivity index (χ3n) is 12.3. The molecule has 8 aromatic carbocycles. The quantitative estimate of drug-likeness (QED) is 0.169. The standard InChI is InChI=1S/C55H34N2/c1-3-16-35(17-4-1)44-33-51(36-18-5-2-6-19-36)56-34-45(44)37-20-15-21-38(32-37)54-53-42(41-24-10-14-29-50(41)57-54)30-31-49-52(53)43-25-9-13-28-48(43)55(49)46-26-11-7-22-39(46)40-23-8-12-27-47(40)55/h1-34H. The molecule has 57 heavy (non-hydrogen) atoms. The van der Waals surface area contributed by atoms with Crippen molar-refractivity contribution in [2.75, 3.05) is 0 Å². The van der Waals surface area contributed by atoms with E-state index in [2.05, 4.69) is 194 Å². The van der Waals surface area contributed by atoms with E-state index in [4.69, 9.17) is 9.97 Å². The lowest BCUT2D eigenvalue weighted by Gasteiger charge is -2.30. The lowest BCUT2D eigenvalue weighted by Crippen LogP contribution is -2.25. The highest BCUT2D eigenvalue weighted by atomic mass is 14.7. The minimum absolute atomic E-state index is 0.436. The summed E-state index contributed by atoms with van der Waals surface area (Å²) in [6.07, 6.45) is 2.04. The van der Waals surface area contributed by atoms with Crippen molar-refractivity contribution in [3.05, 3.63) is 229 Å². The maximum absolute atomic E-state index is 5.58. The van der Waals surface area contributed by atoms with E-state index in [1.54, 1.807) is 0 Å². The van der Waals surface area contributed by atoms with Crippen LogP contribution in [0.1, 0.15) is 22.3 Å². The fraction of sp³-hybridized carbons (Fsp3) is 0.0182. The van der Waals surface area contributed by atoms with E-state index in [9.17, 15) is 0 Å². The van der Waals surface area contributed by atoms with E-state index in [1.165, 1.54) is 55.3 Å². The van der Waals surface area contributed by atoms with Crippen molar-refractivity contribution in [1.82, 2.24) is 9.97 Å². The fourth-order valence-corrected chi connectivity index (χ4v) is 9.98. The molecule has 0 saturated carbocycles. The first-order valence-corrected chi connectivity index (χ1v) is 19.7. The second kappa shape index (κ2) is 12.3. The lowest BCUT2D eigenvalue weighted by atomic mass is 9.70. The first kappa shape index (κ1) is 31.9. The lowest BCUT2D eigenvalue weighted by molar-refractivity contribution is 0.794. The Morgan fingerprint density at radius 2 is 0.930 bits per heavy atom. The Balaban J connectivity index is 1.15. The fourth-order valence-electron chi connectivity index (χ4n) is 9.98. The minimum Gasteiger partial charge on any atom is -0.256 e. The summed E-state index contributed by atoms with van der Waals surface area (Å²) >= 11 is 0. The van der Waals surface area contributed by atoms with E-state index >= 15 is 0 Å². The summed E-state index contributed by atoms with van der Waals surface area (Å²) < 4.78 is 0. The predicted molar refractivity (Wildman–Crippen MR) is 235 cm³/mol. The van der Waals surface area contributed by atoms with Crippen molar-refractivity contribution in [3.63, 3.8) is 0 Å². The average Bonchev–Trinajstić information content (AvgIpc) is 3.77. The molecule has 2 heteroatoms. The van der Waals surface area contributed by atoms with Crippen molar-refractivity contribution >= 4 is 21.7 Å². The van der Waals surface area contributed by atoms with Crippen LogP contribution < -0.4 is 0 Å². The number of rotatable bonds is 4. The third-order valence-corrected chi connectivity index (χ3v) is 12.3. The summed E-state index contributed by atoms with van der Waals surface area (Å²) in [6.45, 7) is 0. The van der Waals surface area contributed by atoms with Gasteiger partial charge in [-0.15, -0.1) is 0 Å². The van der Waals surface area contributed by atoms with Gasteiger partial charge in [0.15, 0.2) is 0 Å². The van der Waals surface area contributed by atoms with Crippen molar-refractivity contribution < 1.29 is 0 Å². The van der Waals surface area contributed by atoms with Crippen LogP contribution >= 0.6 is 0 Å². The van der Waals surface area contributed by atoms with Gasteiger partial charge in [0.25, 0.3) is 0 Å². The SMILES string of the molecule is c1ccc(-c2cc(-c3ccccc3)c(-c3cccc(-c4nc5ccccc5c5ccc6c(c45)-c4ccccc4C64c5ccccc5-c5ccccc54)c3)cn2)cc1. The molecule has 0 unspecified atom stereocenters. The number of hydrogen-bond acceptors (Lipinski definition) is 2. The van der Waals surface area contributed by atoms with Gasteiger partial charge in [0.05, 0.1) is 22.3 Å². The molecular formula is C55H34N2.